The van der Waals surface area contributed by atoms with Crippen LogP contribution >= 0.6 is 0 Å². The summed E-state index contributed by atoms with van der Waals surface area (Å²) in [4.78, 5) is 15.4. The highest BCUT2D eigenvalue weighted by atomic mass is 16.5. The van der Waals surface area contributed by atoms with E-state index in [1.807, 2.05) is 48.5 Å². The van der Waals surface area contributed by atoms with Gasteiger partial charge in [-0.3, -0.25) is 4.79 Å². The molecule has 1 aliphatic rings. The summed E-state index contributed by atoms with van der Waals surface area (Å²) in [5, 5.41) is 1.00. The van der Waals surface area contributed by atoms with Crippen LogP contribution in [0.1, 0.15) is 74.7 Å². The summed E-state index contributed by atoms with van der Waals surface area (Å²) in [5.74, 6) is 1.91. The van der Waals surface area contributed by atoms with Crippen molar-refractivity contribution < 1.29 is 13.9 Å². The first-order valence-corrected chi connectivity index (χ1v) is 12.6. The normalized spacial score (nSPS) is 15.6. The molecule has 5 heteroatoms. The zero-order valence-electron chi connectivity index (χ0n) is 20.8. The summed E-state index contributed by atoms with van der Waals surface area (Å²) in [7, 11) is 0. The van der Waals surface area contributed by atoms with Gasteiger partial charge in [0, 0.05) is 29.5 Å². The first-order valence-electron chi connectivity index (χ1n) is 12.6. The summed E-state index contributed by atoms with van der Waals surface area (Å²) in [6.07, 6.45) is 4.29. The molecule has 0 saturated carbocycles. The Bertz CT molecular complexity index is 1090. The molecule has 1 aromatic heterocycles. The van der Waals surface area contributed by atoms with Crippen LogP contribution in [0.3, 0.4) is 0 Å². The second-order valence-electron chi connectivity index (χ2n) is 10.7. The fourth-order valence-electron chi connectivity index (χ4n) is 5.02. The lowest BCUT2D eigenvalue weighted by Crippen LogP contribution is -2.38. The minimum Gasteiger partial charge on any atom is -0.494 e. The number of hydrogen-bond donors (Lipinski definition) is 1. The largest absolute Gasteiger partial charge is 0.494 e. The summed E-state index contributed by atoms with van der Waals surface area (Å²) in [6.45, 7) is 10.7. The maximum absolute atomic E-state index is 12.9. The third-order valence-electron chi connectivity index (χ3n) is 6.58. The second-order valence-corrected chi connectivity index (χ2v) is 10.7. The van der Waals surface area contributed by atoms with Crippen molar-refractivity contribution in [2.75, 3.05) is 32.0 Å². The number of piperidine rings is 1. The molecule has 182 valence electrons. The Morgan fingerprint density at radius 1 is 1.09 bits per heavy atom. The highest BCUT2D eigenvalue weighted by Crippen LogP contribution is 2.40. The zero-order chi connectivity index (χ0) is 24.1. The predicted octanol–water partition coefficient (Wildman–Crippen LogP) is 6.67. The number of nitrogens with zero attached hydrogens (tertiary/aromatic N) is 1. The van der Waals surface area contributed by atoms with Gasteiger partial charge in [0.25, 0.3) is 0 Å². The van der Waals surface area contributed by atoms with Gasteiger partial charge in [0.15, 0.2) is 11.7 Å². The Balaban J connectivity index is 1.35. The minimum atomic E-state index is 0.160. The standard InChI is InChI=1S/C29H38N2O3/c1-29(2,3)20-31-16-14-21(15-17-31)27-24-19-22(12-13-26(24)34-28(27)30)25(32)11-7-8-18-33-23-9-5-4-6-10-23/h4-6,9-10,12-13,19,21H,7-8,11,14-18,20,30H2,1-3H3. The van der Waals surface area contributed by atoms with E-state index in [1.165, 1.54) is 0 Å². The molecular weight excluding hydrogens is 424 g/mol. The highest BCUT2D eigenvalue weighted by molar-refractivity contribution is 6.00. The van der Waals surface area contributed by atoms with Crippen molar-refractivity contribution in [3.63, 3.8) is 0 Å². The lowest BCUT2D eigenvalue weighted by molar-refractivity contribution is 0.0978. The van der Waals surface area contributed by atoms with Crippen LogP contribution in [-0.4, -0.2) is 36.9 Å². The second kappa shape index (κ2) is 10.6. The topological polar surface area (TPSA) is 68.7 Å². The minimum absolute atomic E-state index is 0.160. The van der Waals surface area contributed by atoms with E-state index in [-0.39, 0.29) is 5.78 Å². The Morgan fingerprint density at radius 3 is 2.53 bits per heavy atom. The number of ketones is 1. The van der Waals surface area contributed by atoms with Gasteiger partial charge in [0.2, 0.25) is 0 Å². The number of hydrogen-bond acceptors (Lipinski definition) is 5. The molecule has 1 fully saturated rings. The Labute approximate surface area is 203 Å². The quantitative estimate of drug-likeness (QED) is 0.284. The number of para-hydroxylation sites is 1. The highest BCUT2D eigenvalue weighted by Gasteiger charge is 2.28. The van der Waals surface area contributed by atoms with Crippen LogP contribution in [0, 0.1) is 5.41 Å². The Hall–Kier alpha value is -2.79. The molecule has 0 unspecified atom stereocenters. The van der Waals surface area contributed by atoms with E-state index in [0.717, 1.165) is 73.2 Å². The van der Waals surface area contributed by atoms with Gasteiger partial charge in [-0.25, -0.2) is 0 Å². The van der Waals surface area contributed by atoms with E-state index in [4.69, 9.17) is 14.9 Å². The first kappa shape index (κ1) is 24.3. The van der Waals surface area contributed by atoms with Crippen LogP contribution in [0.15, 0.2) is 52.9 Å². The molecule has 1 aliphatic heterocycles. The maximum Gasteiger partial charge on any atom is 0.195 e. The van der Waals surface area contributed by atoms with Crippen molar-refractivity contribution in [2.24, 2.45) is 5.41 Å². The number of Topliss-reactive ketones (excluding diaryl/α,β-unsaturated/α-hetero) is 1. The van der Waals surface area contributed by atoms with Gasteiger partial charge in [-0.15, -0.1) is 0 Å². The van der Waals surface area contributed by atoms with Crippen LogP contribution in [-0.2, 0) is 0 Å². The smallest absolute Gasteiger partial charge is 0.195 e. The number of furan rings is 1. The summed E-state index contributed by atoms with van der Waals surface area (Å²) < 4.78 is 11.6. The van der Waals surface area contributed by atoms with Gasteiger partial charge in [-0.1, -0.05) is 39.0 Å². The average molecular weight is 463 g/mol. The monoisotopic (exact) mass is 462 g/mol. The van der Waals surface area contributed by atoms with Gasteiger partial charge < -0.3 is 19.8 Å². The number of ether oxygens (including phenoxy) is 1. The molecule has 3 aromatic rings. The maximum atomic E-state index is 12.9. The predicted molar refractivity (Wildman–Crippen MR) is 139 cm³/mol. The Kier molecular flexibility index (Phi) is 7.62. The van der Waals surface area contributed by atoms with E-state index in [9.17, 15) is 4.79 Å². The van der Waals surface area contributed by atoms with Crippen LogP contribution < -0.4 is 10.5 Å². The third-order valence-corrected chi connectivity index (χ3v) is 6.58. The van der Waals surface area contributed by atoms with Crippen molar-refractivity contribution in [1.82, 2.24) is 4.90 Å². The zero-order valence-corrected chi connectivity index (χ0v) is 20.8. The van der Waals surface area contributed by atoms with Crippen molar-refractivity contribution in [1.29, 1.82) is 0 Å². The number of benzene rings is 2. The van der Waals surface area contributed by atoms with Gasteiger partial charge in [0.05, 0.1) is 6.61 Å². The molecule has 0 spiro atoms. The Morgan fingerprint density at radius 2 is 1.82 bits per heavy atom. The molecule has 2 aromatic carbocycles. The number of nitrogens with two attached hydrogens (primary N) is 1. The number of carbonyl (C=O) groups excluding carboxylic acids is 1. The van der Waals surface area contributed by atoms with E-state index >= 15 is 0 Å². The fourth-order valence-corrected chi connectivity index (χ4v) is 5.02. The summed E-state index contributed by atoms with van der Waals surface area (Å²) in [5.41, 5.74) is 9.24. The van der Waals surface area contributed by atoms with Crippen LogP contribution in [0.5, 0.6) is 5.75 Å². The summed E-state index contributed by atoms with van der Waals surface area (Å²) >= 11 is 0. The number of nitrogen functional groups attached to an aromatic ring is 1. The summed E-state index contributed by atoms with van der Waals surface area (Å²) in [6, 6.07) is 15.5. The average Bonchev–Trinajstić information content (AvgIpc) is 3.14. The molecule has 0 amide bonds. The van der Waals surface area contributed by atoms with Crippen LogP contribution in [0.25, 0.3) is 11.0 Å². The molecule has 0 bridgehead atoms. The van der Waals surface area contributed by atoms with Crippen LogP contribution in [0.2, 0.25) is 0 Å². The SMILES string of the molecule is CC(C)(C)CN1CCC(c2c(N)oc3ccc(C(=O)CCCCOc4ccccc4)cc23)CC1. The molecule has 2 N–H and O–H groups in total. The lowest BCUT2D eigenvalue weighted by atomic mass is 9.86. The number of fused-ring (bicyclic) bond motifs is 1. The van der Waals surface area contributed by atoms with Gasteiger partial charge >= 0.3 is 0 Å². The van der Waals surface area contributed by atoms with Crippen molar-refractivity contribution in [3.8, 4) is 5.75 Å². The number of unbranched alkanes of at least 4 members (excludes halogenated alkanes) is 1. The molecule has 2 heterocycles. The van der Waals surface area contributed by atoms with E-state index in [2.05, 4.69) is 25.7 Å². The lowest BCUT2D eigenvalue weighted by Gasteiger charge is -2.36. The van der Waals surface area contributed by atoms with Gasteiger partial charge in [-0.2, -0.15) is 0 Å². The number of rotatable bonds is 9. The number of carbonyl (C=O) groups is 1. The van der Waals surface area contributed by atoms with Crippen LogP contribution in [0.4, 0.5) is 5.88 Å². The third kappa shape index (κ3) is 6.20. The van der Waals surface area contributed by atoms with Crippen molar-refractivity contribution in [2.45, 2.75) is 58.8 Å². The molecular formula is C29H38N2O3. The first-order chi connectivity index (χ1) is 16.3. The fraction of sp³-hybridized carbons (Fsp3) is 0.483. The molecule has 0 radical (unpaired) electrons. The van der Waals surface area contributed by atoms with Crippen molar-refractivity contribution >= 4 is 22.6 Å². The number of anilines is 1. The molecule has 1 saturated heterocycles. The van der Waals surface area contributed by atoms with E-state index in [0.29, 0.717) is 30.2 Å². The molecule has 5 nitrogen and oxygen atoms in total. The molecule has 4 rings (SSSR count). The molecule has 0 aliphatic carbocycles. The van der Waals surface area contributed by atoms with E-state index < -0.39 is 0 Å². The van der Waals surface area contributed by atoms with Crippen molar-refractivity contribution in [3.05, 3.63) is 59.7 Å². The van der Waals surface area contributed by atoms with Gasteiger partial charge in [-0.05, 0) is 80.4 Å². The molecule has 0 atom stereocenters. The van der Waals surface area contributed by atoms with Gasteiger partial charge in [0.1, 0.15) is 11.3 Å². The van der Waals surface area contributed by atoms with E-state index in [1.54, 1.807) is 0 Å². The number of likely N-dealkylation sites (tertiary alicyclic amines) is 1. The molecule has 34 heavy (non-hydrogen) atoms.